The SMILES string of the molecule is CC1OCCC1NC1CC(=O)N(C2CCCCC2)C1=O. The minimum absolute atomic E-state index is 0.00553. The predicted molar refractivity (Wildman–Crippen MR) is 74.1 cm³/mol. The Balaban J connectivity index is 1.63. The van der Waals surface area contributed by atoms with Crippen LogP contribution in [0.1, 0.15) is 51.9 Å². The average Bonchev–Trinajstić information content (AvgIpc) is 2.96. The third-order valence-corrected chi connectivity index (χ3v) is 4.91. The van der Waals surface area contributed by atoms with Gasteiger partial charge in [0.2, 0.25) is 11.8 Å². The number of amides is 2. The second-order valence-corrected chi connectivity index (χ2v) is 6.29. The summed E-state index contributed by atoms with van der Waals surface area (Å²) in [6.07, 6.45) is 6.81. The molecule has 0 spiro atoms. The summed E-state index contributed by atoms with van der Waals surface area (Å²) in [5, 5.41) is 3.34. The highest BCUT2D eigenvalue weighted by molar-refractivity contribution is 6.05. The molecule has 0 bridgehead atoms. The van der Waals surface area contributed by atoms with Crippen LogP contribution in [0.3, 0.4) is 0 Å². The van der Waals surface area contributed by atoms with Crippen LogP contribution >= 0.6 is 0 Å². The Labute approximate surface area is 120 Å². The molecule has 20 heavy (non-hydrogen) atoms. The lowest BCUT2D eigenvalue weighted by Crippen LogP contribution is -2.48. The monoisotopic (exact) mass is 280 g/mol. The standard InChI is InChI=1S/C15H24N2O3/c1-10-12(7-8-20-10)16-13-9-14(18)17(15(13)19)11-5-3-2-4-6-11/h10-13,16H,2-9H2,1H3. The van der Waals surface area contributed by atoms with Crippen molar-refractivity contribution in [1.82, 2.24) is 10.2 Å². The van der Waals surface area contributed by atoms with Crippen LogP contribution in [0.25, 0.3) is 0 Å². The maximum absolute atomic E-state index is 12.5. The zero-order chi connectivity index (χ0) is 14.1. The molecular formula is C15H24N2O3. The lowest BCUT2D eigenvalue weighted by molar-refractivity contribution is -0.142. The Kier molecular flexibility index (Phi) is 4.08. The number of nitrogens with zero attached hydrogens (tertiary/aromatic N) is 1. The van der Waals surface area contributed by atoms with Crippen LogP contribution in [0.5, 0.6) is 0 Å². The van der Waals surface area contributed by atoms with Crippen LogP contribution in [0, 0.1) is 0 Å². The molecule has 2 amide bonds. The molecule has 2 saturated heterocycles. The molecule has 2 heterocycles. The lowest BCUT2D eigenvalue weighted by Gasteiger charge is -2.30. The summed E-state index contributed by atoms with van der Waals surface area (Å²) in [5.74, 6) is -0.00744. The normalized spacial score (nSPS) is 36.0. The number of hydrogen-bond acceptors (Lipinski definition) is 4. The number of carbonyl (C=O) groups is 2. The van der Waals surface area contributed by atoms with Crippen molar-refractivity contribution in [2.45, 2.75) is 76.1 Å². The van der Waals surface area contributed by atoms with Gasteiger partial charge in [0.25, 0.3) is 0 Å². The van der Waals surface area contributed by atoms with E-state index in [1.807, 2.05) is 6.92 Å². The van der Waals surface area contributed by atoms with E-state index in [1.165, 1.54) is 6.42 Å². The summed E-state index contributed by atoms with van der Waals surface area (Å²) in [5.41, 5.74) is 0. The van der Waals surface area contributed by atoms with Crippen molar-refractivity contribution in [3.8, 4) is 0 Å². The zero-order valence-corrected chi connectivity index (χ0v) is 12.1. The van der Waals surface area contributed by atoms with Crippen molar-refractivity contribution in [3.05, 3.63) is 0 Å². The molecule has 3 atom stereocenters. The van der Waals surface area contributed by atoms with Gasteiger partial charge in [0.1, 0.15) is 0 Å². The van der Waals surface area contributed by atoms with Gasteiger partial charge in [-0.25, -0.2) is 0 Å². The fraction of sp³-hybridized carbons (Fsp3) is 0.867. The molecule has 112 valence electrons. The first kappa shape index (κ1) is 14.0. The molecule has 0 radical (unpaired) electrons. The van der Waals surface area contributed by atoms with Gasteiger partial charge in [0, 0.05) is 18.7 Å². The van der Waals surface area contributed by atoms with E-state index in [-0.39, 0.29) is 36.0 Å². The number of hydrogen-bond donors (Lipinski definition) is 1. The summed E-state index contributed by atoms with van der Waals surface area (Å²) < 4.78 is 5.51. The smallest absolute Gasteiger partial charge is 0.247 e. The first-order valence-corrected chi connectivity index (χ1v) is 7.90. The molecule has 3 aliphatic rings. The first-order chi connectivity index (χ1) is 9.66. The van der Waals surface area contributed by atoms with Crippen LogP contribution in [0.15, 0.2) is 0 Å². The van der Waals surface area contributed by atoms with Crippen LogP contribution < -0.4 is 5.32 Å². The van der Waals surface area contributed by atoms with Gasteiger partial charge >= 0.3 is 0 Å². The number of likely N-dealkylation sites (tertiary alicyclic amines) is 1. The summed E-state index contributed by atoms with van der Waals surface area (Å²) in [6.45, 7) is 2.75. The fourth-order valence-electron chi connectivity index (χ4n) is 3.71. The Bertz CT molecular complexity index is 393. The highest BCUT2D eigenvalue weighted by Gasteiger charge is 2.43. The maximum Gasteiger partial charge on any atom is 0.247 e. The predicted octanol–water partition coefficient (Wildman–Crippen LogP) is 1.21. The van der Waals surface area contributed by atoms with E-state index in [4.69, 9.17) is 4.74 Å². The molecule has 0 aromatic heterocycles. The van der Waals surface area contributed by atoms with Gasteiger partial charge in [-0.2, -0.15) is 0 Å². The molecule has 3 rings (SSSR count). The van der Waals surface area contributed by atoms with Crippen molar-refractivity contribution >= 4 is 11.8 Å². The number of imide groups is 1. The molecule has 2 aliphatic heterocycles. The highest BCUT2D eigenvalue weighted by atomic mass is 16.5. The number of rotatable bonds is 3. The van der Waals surface area contributed by atoms with Gasteiger partial charge in [0.15, 0.2) is 0 Å². The van der Waals surface area contributed by atoms with E-state index >= 15 is 0 Å². The third kappa shape index (κ3) is 2.61. The molecule has 0 aromatic rings. The highest BCUT2D eigenvalue weighted by Crippen LogP contribution is 2.28. The summed E-state index contributed by atoms with van der Waals surface area (Å²) in [7, 11) is 0. The molecule has 3 fully saturated rings. The van der Waals surface area contributed by atoms with Gasteiger partial charge < -0.3 is 4.74 Å². The molecule has 1 N–H and O–H groups in total. The summed E-state index contributed by atoms with van der Waals surface area (Å²) in [4.78, 5) is 26.2. The largest absolute Gasteiger partial charge is 0.377 e. The third-order valence-electron chi connectivity index (χ3n) is 4.91. The van der Waals surface area contributed by atoms with Crippen LogP contribution in [-0.2, 0) is 14.3 Å². The van der Waals surface area contributed by atoms with Gasteiger partial charge in [-0.3, -0.25) is 19.8 Å². The minimum Gasteiger partial charge on any atom is -0.377 e. The van der Waals surface area contributed by atoms with Crippen molar-refractivity contribution in [1.29, 1.82) is 0 Å². The van der Waals surface area contributed by atoms with Crippen molar-refractivity contribution in [3.63, 3.8) is 0 Å². The quantitative estimate of drug-likeness (QED) is 0.790. The first-order valence-electron chi connectivity index (χ1n) is 7.90. The molecule has 5 heteroatoms. The molecule has 1 aliphatic carbocycles. The topological polar surface area (TPSA) is 58.6 Å². The van der Waals surface area contributed by atoms with Crippen LogP contribution in [-0.4, -0.2) is 47.6 Å². The molecule has 3 unspecified atom stereocenters. The van der Waals surface area contributed by atoms with E-state index in [0.29, 0.717) is 6.42 Å². The van der Waals surface area contributed by atoms with Crippen molar-refractivity contribution in [2.75, 3.05) is 6.61 Å². The number of carbonyl (C=O) groups excluding carboxylic acids is 2. The minimum atomic E-state index is -0.335. The molecule has 0 aromatic carbocycles. The molecule has 1 saturated carbocycles. The van der Waals surface area contributed by atoms with E-state index in [9.17, 15) is 9.59 Å². The summed E-state index contributed by atoms with van der Waals surface area (Å²) >= 11 is 0. The average molecular weight is 280 g/mol. The van der Waals surface area contributed by atoms with E-state index in [2.05, 4.69) is 5.32 Å². The van der Waals surface area contributed by atoms with Crippen LogP contribution in [0.2, 0.25) is 0 Å². The van der Waals surface area contributed by atoms with Gasteiger partial charge in [-0.15, -0.1) is 0 Å². The van der Waals surface area contributed by atoms with Gasteiger partial charge in [-0.05, 0) is 26.2 Å². The van der Waals surface area contributed by atoms with Crippen LogP contribution in [0.4, 0.5) is 0 Å². The van der Waals surface area contributed by atoms with E-state index < -0.39 is 0 Å². The van der Waals surface area contributed by atoms with Gasteiger partial charge in [-0.1, -0.05) is 19.3 Å². The second-order valence-electron chi connectivity index (χ2n) is 6.29. The zero-order valence-electron chi connectivity index (χ0n) is 12.1. The Morgan fingerprint density at radius 1 is 1.15 bits per heavy atom. The Hall–Kier alpha value is -0.940. The van der Waals surface area contributed by atoms with E-state index in [1.54, 1.807) is 4.90 Å². The van der Waals surface area contributed by atoms with Crippen molar-refractivity contribution in [2.24, 2.45) is 0 Å². The molecular weight excluding hydrogens is 256 g/mol. The van der Waals surface area contributed by atoms with E-state index in [0.717, 1.165) is 38.7 Å². The fourth-order valence-corrected chi connectivity index (χ4v) is 3.71. The van der Waals surface area contributed by atoms with Gasteiger partial charge in [0.05, 0.1) is 18.6 Å². The number of nitrogens with one attached hydrogen (secondary N) is 1. The summed E-state index contributed by atoms with van der Waals surface area (Å²) in [6, 6.07) is 0.00874. The molecule has 5 nitrogen and oxygen atoms in total. The lowest BCUT2D eigenvalue weighted by atomic mass is 9.94. The Morgan fingerprint density at radius 2 is 1.90 bits per heavy atom. The number of ether oxygens (including phenoxy) is 1. The van der Waals surface area contributed by atoms with Crippen molar-refractivity contribution < 1.29 is 14.3 Å². The second kappa shape index (κ2) is 5.82. The maximum atomic E-state index is 12.5. The Morgan fingerprint density at radius 3 is 2.55 bits per heavy atom.